The van der Waals surface area contributed by atoms with Crippen molar-refractivity contribution in [3.8, 4) is 0 Å². The summed E-state index contributed by atoms with van der Waals surface area (Å²) < 4.78 is 5.20. The van der Waals surface area contributed by atoms with Gasteiger partial charge in [0.1, 0.15) is 0 Å². The minimum atomic E-state index is -0.391. The Morgan fingerprint density at radius 3 is 2.82 bits per heavy atom. The van der Waals surface area contributed by atoms with Crippen molar-refractivity contribution >= 4 is 23.3 Å². The first kappa shape index (κ1) is 13.8. The van der Waals surface area contributed by atoms with Crippen LogP contribution in [0.4, 0.5) is 5.69 Å². The van der Waals surface area contributed by atoms with E-state index < -0.39 is 5.97 Å². The number of carbonyl (C=O) groups excluding carboxylic acids is 1. The molecule has 0 bridgehead atoms. The van der Waals surface area contributed by atoms with Crippen molar-refractivity contribution in [1.29, 1.82) is 0 Å². The van der Waals surface area contributed by atoms with Gasteiger partial charge in [0.15, 0.2) is 0 Å². The number of rotatable bonds is 5. The largest absolute Gasteiger partial charge is 0.462 e. The van der Waals surface area contributed by atoms with Crippen LogP contribution in [-0.4, -0.2) is 12.6 Å². The molecule has 0 aliphatic carbocycles. The Morgan fingerprint density at radius 2 is 2.24 bits per heavy atom. The van der Waals surface area contributed by atoms with E-state index in [0.29, 0.717) is 28.8 Å². The normalized spacial score (nSPS) is 12.2. The third-order valence-electron chi connectivity index (χ3n) is 2.49. The molecule has 1 unspecified atom stereocenters. The first-order valence-corrected chi connectivity index (χ1v) is 6.14. The first-order valence-electron chi connectivity index (χ1n) is 5.76. The first-order chi connectivity index (χ1) is 8.04. The van der Waals surface area contributed by atoms with Crippen LogP contribution in [0.1, 0.15) is 37.0 Å². The van der Waals surface area contributed by atoms with Gasteiger partial charge in [-0.3, -0.25) is 0 Å². The summed E-state index contributed by atoms with van der Waals surface area (Å²) in [5.74, 6) is -0.0190. The standard InChI is InChI=1S/C13H18ClNO2/c1-3-4-9(2)8-17-13(16)11-6-5-10(15)7-12(11)14/h5-7,9H,3-4,8,15H2,1-2H3. The average molecular weight is 256 g/mol. The summed E-state index contributed by atoms with van der Waals surface area (Å²) >= 11 is 5.92. The fourth-order valence-electron chi connectivity index (χ4n) is 1.57. The second-order valence-corrected chi connectivity index (χ2v) is 4.64. The zero-order chi connectivity index (χ0) is 12.8. The molecule has 1 aromatic carbocycles. The molecular formula is C13H18ClNO2. The maximum absolute atomic E-state index is 11.7. The number of carbonyl (C=O) groups is 1. The molecule has 0 aliphatic rings. The lowest BCUT2D eigenvalue weighted by molar-refractivity contribution is 0.0444. The minimum Gasteiger partial charge on any atom is -0.462 e. The van der Waals surface area contributed by atoms with Gasteiger partial charge in [0.25, 0.3) is 0 Å². The fraction of sp³-hybridized carbons (Fsp3) is 0.462. The van der Waals surface area contributed by atoms with Gasteiger partial charge in [-0.05, 0) is 30.5 Å². The molecule has 0 aliphatic heterocycles. The van der Waals surface area contributed by atoms with Crippen LogP contribution in [0, 0.1) is 5.92 Å². The number of benzene rings is 1. The lowest BCUT2D eigenvalue weighted by Gasteiger charge is -2.11. The van der Waals surface area contributed by atoms with Gasteiger partial charge in [-0.25, -0.2) is 4.79 Å². The Hall–Kier alpha value is -1.22. The number of ether oxygens (including phenoxy) is 1. The predicted octanol–water partition coefficient (Wildman–Crippen LogP) is 3.52. The molecule has 0 aromatic heterocycles. The Labute approximate surface area is 107 Å². The number of anilines is 1. The lowest BCUT2D eigenvalue weighted by atomic mass is 10.1. The van der Waals surface area contributed by atoms with Crippen LogP contribution >= 0.6 is 11.6 Å². The highest BCUT2D eigenvalue weighted by atomic mass is 35.5. The molecule has 1 rings (SSSR count). The molecule has 0 spiro atoms. The van der Waals surface area contributed by atoms with Crippen molar-refractivity contribution in [2.75, 3.05) is 12.3 Å². The van der Waals surface area contributed by atoms with Crippen LogP contribution < -0.4 is 5.73 Å². The predicted molar refractivity (Wildman–Crippen MR) is 70.2 cm³/mol. The fourth-order valence-corrected chi connectivity index (χ4v) is 1.83. The van der Waals surface area contributed by atoms with Gasteiger partial charge in [-0.2, -0.15) is 0 Å². The van der Waals surface area contributed by atoms with Gasteiger partial charge in [-0.1, -0.05) is 31.9 Å². The zero-order valence-corrected chi connectivity index (χ0v) is 11.0. The van der Waals surface area contributed by atoms with E-state index in [1.807, 2.05) is 0 Å². The number of halogens is 1. The van der Waals surface area contributed by atoms with Crippen molar-refractivity contribution in [2.45, 2.75) is 26.7 Å². The molecule has 4 heteroatoms. The van der Waals surface area contributed by atoms with E-state index in [2.05, 4.69) is 13.8 Å². The highest BCUT2D eigenvalue weighted by molar-refractivity contribution is 6.33. The summed E-state index contributed by atoms with van der Waals surface area (Å²) in [6, 6.07) is 4.77. The molecule has 1 aromatic rings. The number of nitrogens with two attached hydrogens (primary N) is 1. The molecule has 3 nitrogen and oxygen atoms in total. The van der Waals surface area contributed by atoms with E-state index in [1.54, 1.807) is 18.2 Å². The molecule has 0 amide bonds. The monoisotopic (exact) mass is 255 g/mol. The van der Waals surface area contributed by atoms with Crippen LogP contribution in [0.2, 0.25) is 5.02 Å². The molecule has 94 valence electrons. The van der Waals surface area contributed by atoms with Gasteiger partial charge in [-0.15, -0.1) is 0 Å². The summed E-state index contributed by atoms with van der Waals surface area (Å²) in [7, 11) is 0. The van der Waals surface area contributed by atoms with E-state index in [0.717, 1.165) is 12.8 Å². The summed E-state index contributed by atoms with van der Waals surface area (Å²) in [6.07, 6.45) is 2.13. The van der Waals surface area contributed by atoms with Crippen LogP contribution in [-0.2, 0) is 4.74 Å². The maximum atomic E-state index is 11.7. The van der Waals surface area contributed by atoms with Crippen LogP contribution in [0.25, 0.3) is 0 Å². The van der Waals surface area contributed by atoms with E-state index >= 15 is 0 Å². The second kappa shape index (κ2) is 6.50. The lowest BCUT2D eigenvalue weighted by Crippen LogP contribution is -2.12. The van der Waals surface area contributed by atoms with Gasteiger partial charge in [0.2, 0.25) is 0 Å². The average Bonchev–Trinajstić information content (AvgIpc) is 2.26. The number of hydrogen-bond donors (Lipinski definition) is 1. The third kappa shape index (κ3) is 4.27. The van der Waals surface area contributed by atoms with Gasteiger partial charge in [0, 0.05) is 5.69 Å². The summed E-state index contributed by atoms with van der Waals surface area (Å²) in [6.45, 7) is 4.59. The highest BCUT2D eigenvalue weighted by Gasteiger charge is 2.13. The molecule has 17 heavy (non-hydrogen) atoms. The quantitative estimate of drug-likeness (QED) is 0.647. The summed E-state index contributed by atoms with van der Waals surface area (Å²) in [5.41, 5.74) is 6.45. The van der Waals surface area contributed by atoms with Crippen molar-refractivity contribution in [3.63, 3.8) is 0 Å². The van der Waals surface area contributed by atoms with Crippen molar-refractivity contribution in [1.82, 2.24) is 0 Å². The maximum Gasteiger partial charge on any atom is 0.339 e. The van der Waals surface area contributed by atoms with Gasteiger partial charge in [0.05, 0.1) is 17.2 Å². The van der Waals surface area contributed by atoms with Gasteiger partial charge >= 0.3 is 5.97 Å². The zero-order valence-electron chi connectivity index (χ0n) is 10.2. The van der Waals surface area contributed by atoms with E-state index in [1.165, 1.54) is 0 Å². The van der Waals surface area contributed by atoms with Gasteiger partial charge < -0.3 is 10.5 Å². The molecular weight excluding hydrogens is 238 g/mol. The van der Waals surface area contributed by atoms with E-state index in [4.69, 9.17) is 22.1 Å². The van der Waals surface area contributed by atoms with Crippen LogP contribution in [0.5, 0.6) is 0 Å². The molecule has 2 N–H and O–H groups in total. The third-order valence-corrected chi connectivity index (χ3v) is 2.81. The molecule has 1 atom stereocenters. The van der Waals surface area contributed by atoms with E-state index in [-0.39, 0.29) is 0 Å². The molecule has 0 radical (unpaired) electrons. The Morgan fingerprint density at radius 1 is 1.53 bits per heavy atom. The molecule has 0 saturated heterocycles. The van der Waals surface area contributed by atoms with Crippen LogP contribution in [0.15, 0.2) is 18.2 Å². The number of hydrogen-bond acceptors (Lipinski definition) is 3. The number of nitrogen functional groups attached to an aromatic ring is 1. The van der Waals surface area contributed by atoms with Crippen molar-refractivity contribution in [2.24, 2.45) is 5.92 Å². The molecule has 0 fully saturated rings. The summed E-state index contributed by atoms with van der Waals surface area (Å²) in [5, 5.41) is 0.332. The SMILES string of the molecule is CCCC(C)COC(=O)c1ccc(N)cc1Cl. The topological polar surface area (TPSA) is 52.3 Å². The summed E-state index contributed by atoms with van der Waals surface area (Å²) in [4.78, 5) is 11.7. The molecule has 0 saturated carbocycles. The Kier molecular flexibility index (Phi) is 5.29. The highest BCUT2D eigenvalue weighted by Crippen LogP contribution is 2.20. The molecule has 0 heterocycles. The van der Waals surface area contributed by atoms with E-state index in [9.17, 15) is 4.79 Å². The van der Waals surface area contributed by atoms with Crippen LogP contribution in [0.3, 0.4) is 0 Å². The number of esters is 1. The Balaban J connectivity index is 2.58. The second-order valence-electron chi connectivity index (χ2n) is 4.23. The van der Waals surface area contributed by atoms with Crippen molar-refractivity contribution < 1.29 is 9.53 Å². The minimum absolute atomic E-state index is 0.332. The smallest absolute Gasteiger partial charge is 0.339 e. The van der Waals surface area contributed by atoms with Crippen molar-refractivity contribution in [3.05, 3.63) is 28.8 Å². The Bertz CT molecular complexity index is 393.